The molecule has 0 saturated heterocycles. The molecule has 0 rings (SSSR count). The first-order valence-corrected chi connectivity index (χ1v) is 2.99. The lowest BCUT2D eigenvalue weighted by atomic mass is 10.5. The van der Waals surface area contributed by atoms with Crippen LogP contribution in [0.2, 0.25) is 0 Å². The van der Waals surface area contributed by atoms with Gasteiger partial charge in [-0.15, -0.1) is 0 Å². The highest BCUT2D eigenvalue weighted by atomic mass is 16.4. The topological polar surface area (TPSA) is 78.4 Å². The summed E-state index contributed by atoms with van der Waals surface area (Å²) in [6, 6.07) is 0. The van der Waals surface area contributed by atoms with Gasteiger partial charge in [-0.3, -0.25) is 9.59 Å². The molecule has 0 spiro atoms. The van der Waals surface area contributed by atoms with E-state index in [0.29, 0.717) is 0 Å². The van der Waals surface area contributed by atoms with Crippen molar-refractivity contribution in [3.63, 3.8) is 0 Å². The Hall–Kier alpha value is -1.52. The monoisotopic (exact) mass is 158 g/mol. The molecule has 5 nitrogen and oxygen atoms in total. The summed E-state index contributed by atoms with van der Waals surface area (Å²) in [6.45, 7) is 3.02. The van der Waals surface area contributed by atoms with E-state index in [0.717, 1.165) is 0 Å². The Bertz CT molecular complexity index is 167. The zero-order valence-corrected chi connectivity index (χ0v) is 5.96. The quantitative estimate of drug-likeness (QED) is 0.475. The maximum atomic E-state index is 10.6. The summed E-state index contributed by atoms with van der Waals surface area (Å²) in [5.74, 6) is -1.43. The minimum atomic E-state index is -1.06. The summed E-state index contributed by atoms with van der Waals surface area (Å²) in [6.07, 6.45) is 1.36. The highest BCUT2D eigenvalue weighted by Gasteiger charge is 2.00. The van der Waals surface area contributed by atoms with Crippen molar-refractivity contribution >= 4 is 11.9 Å². The number of aliphatic carboxylic acids is 1. The molecule has 0 aromatic carbocycles. The predicted octanol–water partition coefficient (Wildman–Crippen LogP) is -1.08. The zero-order valence-electron chi connectivity index (χ0n) is 5.96. The molecular formula is C6H10N2O3. The van der Waals surface area contributed by atoms with Crippen LogP contribution in [0.5, 0.6) is 0 Å². The van der Waals surface area contributed by atoms with Gasteiger partial charge in [0.15, 0.2) is 0 Å². The number of carbonyl (C=O) groups is 2. The maximum absolute atomic E-state index is 10.6. The van der Waals surface area contributed by atoms with Gasteiger partial charge in [0, 0.05) is 0 Å². The van der Waals surface area contributed by atoms with Gasteiger partial charge in [0.1, 0.15) is 6.54 Å². The second kappa shape index (κ2) is 5.28. The van der Waals surface area contributed by atoms with Crippen LogP contribution in [0.3, 0.4) is 0 Å². The Morgan fingerprint density at radius 1 is 1.45 bits per heavy atom. The summed E-state index contributed by atoms with van der Waals surface area (Å²) in [5.41, 5.74) is 0. The van der Waals surface area contributed by atoms with Crippen LogP contribution in [0.15, 0.2) is 12.8 Å². The standard InChI is InChI=1S/C6H10N2O3/c1-2-7-3-5(9)8-4-6(10)11/h2,7H,1,3-4H2,(H,8,9)(H,10,11). The van der Waals surface area contributed by atoms with Crippen LogP contribution >= 0.6 is 0 Å². The van der Waals surface area contributed by atoms with Crippen molar-refractivity contribution in [3.8, 4) is 0 Å². The molecule has 0 radical (unpaired) electrons. The molecule has 0 aliphatic rings. The lowest BCUT2D eigenvalue weighted by Gasteiger charge is -2.00. The number of hydrogen-bond donors (Lipinski definition) is 3. The van der Waals surface area contributed by atoms with E-state index in [1.807, 2.05) is 0 Å². The largest absolute Gasteiger partial charge is 0.480 e. The first-order valence-electron chi connectivity index (χ1n) is 2.99. The highest BCUT2D eigenvalue weighted by Crippen LogP contribution is 1.64. The second-order valence-corrected chi connectivity index (χ2v) is 1.76. The van der Waals surface area contributed by atoms with E-state index >= 15 is 0 Å². The van der Waals surface area contributed by atoms with E-state index in [4.69, 9.17) is 5.11 Å². The lowest BCUT2D eigenvalue weighted by Crippen LogP contribution is -2.35. The molecule has 0 aromatic rings. The SMILES string of the molecule is C=CNCC(=O)NCC(=O)O. The predicted molar refractivity (Wildman–Crippen MR) is 38.8 cm³/mol. The van der Waals surface area contributed by atoms with Crippen LogP contribution in [0.25, 0.3) is 0 Å². The van der Waals surface area contributed by atoms with Crippen molar-refractivity contribution in [2.24, 2.45) is 0 Å². The summed E-state index contributed by atoms with van der Waals surface area (Å²) in [5, 5.41) is 12.8. The van der Waals surface area contributed by atoms with Gasteiger partial charge in [0.2, 0.25) is 5.91 Å². The third-order valence-electron chi connectivity index (χ3n) is 0.844. The van der Waals surface area contributed by atoms with E-state index in [1.54, 1.807) is 0 Å². The number of hydrogen-bond acceptors (Lipinski definition) is 3. The number of carboxylic acids is 1. The fraction of sp³-hybridized carbons (Fsp3) is 0.333. The van der Waals surface area contributed by atoms with Crippen LogP contribution in [0, 0.1) is 0 Å². The normalized spacial score (nSPS) is 8.36. The Balaban J connectivity index is 3.37. The summed E-state index contributed by atoms with van der Waals surface area (Å²) in [7, 11) is 0. The smallest absolute Gasteiger partial charge is 0.322 e. The van der Waals surface area contributed by atoms with Crippen LogP contribution < -0.4 is 10.6 Å². The van der Waals surface area contributed by atoms with Gasteiger partial charge in [-0.25, -0.2) is 0 Å². The van der Waals surface area contributed by atoms with E-state index < -0.39 is 5.97 Å². The number of carboxylic acid groups (broad SMARTS) is 1. The van der Waals surface area contributed by atoms with E-state index in [9.17, 15) is 9.59 Å². The van der Waals surface area contributed by atoms with E-state index in [2.05, 4.69) is 17.2 Å². The van der Waals surface area contributed by atoms with Crippen molar-refractivity contribution in [1.82, 2.24) is 10.6 Å². The summed E-state index contributed by atoms with van der Waals surface area (Å²) < 4.78 is 0. The molecule has 0 bridgehead atoms. The average molecular weight is 158 g/mol. The van der Waals surface area contributed by atoms with Gasteiger partial charge < -0.3 is 15.7 Å². The number of nitrogens with one attached hydrogen (secondary N) is 2. The van der Waals surface area contributed by atoms with Gasteiger partial charge >= 0.3 is 5.97 Å². The second-order valence-electron chi connectivity index (χ2n) is 1.76. The molecule has 0 unspecified atom stereocenters. The Morgan fingerprint density at radius 2 is 2.09 bits per heavy atom. The Kier molecular flexibility index (Phi) is 4.55. The minimum Gasteiger partial charge on any atom is -0.480 e. The summed E-state index contributed by atoms with van der Waals surface area (Å²) in [4.78, 5) is 20.5. The van der Waals surface area contributed by atoms with Gasteiger partial charge in [-0.2, -0.15) is 0 Å². The summed E-state index contributed by atoms with van der Waals surface area (Å²) >= 11 is 0. The molecule has 0 aliphatic heterocycles. The maximum Gasteiger partial charge on any atom is 0.322 e. The van der Waals surface area contributed by atoms with Crippen LogP contribution in [0.1, 0.15) is 0 Å². The molecule has 0 saturated carbocycles. The van der Waals surface area contributed by atoms with Crippen LogP contribution in [0.4, 0.5) is 0 Å². The first-order chi connectivity index (χ1) is 5.16. The third-order valence-corrected chi connectivity index (χ3v) is 0.844. The lowest BCUT2D eigenvalue weighted by molar-refractivity contribution is -0.137. The molecule has 0 aromatic heterocycles. The average Bonchev–Trinajstić information content (AvgIpc) is 1.97. The number of carbonyl (C=O) groups excluding carboxylic acids is 1. The molecule has 3 N–H and O–H groups in total. The van der Waals surface area contributed by atoms with Crippen LogP contribution in [-0.2, 0) is 9.59 Å². The molecule has 0 atom stereocenters. The zero-order chi connectivity index (χ0) is 8.69. The molecule has 62 valence electrons. The minimum absolute atomic E-state index is 0.0524. The van der Waals surface area contributed by atoms with Gasteiger partial charge in [0.25, 0.3) is 0 Å². The molecule has 0 aliphatic carbocycles. The van der Waals surface area contributed by atoms with Crippen molar-refractivity contribution in [1.29, 1.82) is 0 Å². The molecule has 1 amide bonds. The fourth-order valence-corrected chi connectivity index (χ4v) is 0.402. The van der Waals surface area contributed by atoms with Crippen molar-refractivity contribution < 1.29 is 14.7 Å². The van der Waals surface area contributed by atoms with E-state index in [1.165, 1.54) is 6.20 Å². The van der Waals surface area contributed by atoms with Gasteiger partial charge in [-0.1, -0.05) is 6.58 Å². The fourth-order valence-electron chi connectivity index (χ4n) is 0.402. The Labute approximate surface area is 64.1 Å². The highest BCUT2D eigenvalue weighted by molar-refractivity contribution is 5.82. The Morgan fingerprint density at radius 3 is 2.55 bits per heavy atom. The van der Waals surface area contributed by atoms with Gasteiger partial charge in [-0.05, 0) is 6.20 Å². The van der Waals surface area contributed by atoms with Crippen LogP contribution in [-0.4, -0.2) is 30.1 Å². The number of rotatable bonds is 5. The van der Waals surface area contributed by atoms with E-state index in [-0.39, 0.29) is 19.0 Å². The van der Waals surface area contributed by atoms with Gasteiger partial charge in [0.05, 0.1) is 6.54 Å². The molecule has 0 fully saturated rings. The van der Waals surface area contributed by atoms with Crippen molar-refractivity contribution in [2.45, 2.75) is 0 Å². The molecule has 5 heteroatoms. The molecule has 0 heterocycles. The van der Waals surface area contributed by atoms with Crippen molar-refractivity contribution in [3.05, 3.63) is 12.8 Å². The molecule has 11 heavy (non-hydrogen) atoms. The first kappa shape index (κ1) is 9.48. The molecular weight excluding hydrogens is 148 g/mol. The van der Waals surface area contributed by atoms with Crippen molar-refractivity contribution in [2.75, 3.05) is 13.1 Å². The third kappa shape index (κ3) is 6.36. The number of amides is 1.